The SMILES string of the molecule is Nc1ccccc1NC(=O)CCCCCC(=O)NCc1ccccc1-c1ccc([C@H]2O[C@@H](CSc3nnnn3-c3ccccc3)C[C@@H](c3ccc(CO)cc3)O2)cc1. The summed E-state index contributed by atoms with van der Waals surface area (Å²) in [6, 6.07) is 41.0. The number of para-hydroxylation sites is 3. The number of aliphatic hydroxyl groups excluding tert-OH is 1. The smallest absolute Gasteiger partial charge is 0.224 e. The summed E-state index contributed by atoms with van der Waals surface area (Å²) in [6.07, 6.45) is 2.53. The van der Waals surface area contributed by atoms with Gasteiger partial charge in [0.1, 0.15) is 0 Å². The highest BCUT2D eigenvalue weighted by Crippen LogP contribution is 2.40. The van der Waals surface area contributed by atoms with Gasteiger partial charge in [0.15, 0.2) is 6.29 Å². The Labute approximate surface area is 342 Å². The number of aromatic nitrogens is 4. The Bertz CT molecular complexity index is 2250. The summed E-state index contributed by atoms with van der Waals surface area (Å²) >= 11 is 1.54. The number of nitrogens with zero attached hydrogens (tertiary/aromatic N) is 4. The van der Waals surface area contributed by atoms with Crippen LogP contribution in [0.25, 0.3) is 16.8 Å². The largest absolute Gasteiger partial charge is 0.397 e. The average molecular weight is 798 g/mol. The molecule has 2 amide bonds. The molecule has 1 aromatic heterocycles. The maximum absolute atomic E-state index is 12.8. The summed E-state index contributed by atoms with van der Waals surface area (Å²) < 4.78 is 14.9. The van der Waals surface area contributed by atoms with E-state index in [4.69, 9.17) is 15.2 Å². The third kappa shape index (κ3) is 10.7. The number of ether oxygens (including phenoxy) is 2. The van der Waals surface area contributed by atoms with Crippen molar-refractivity contribution < 1.29 is 24.2 Å². The van der Waals surface area contributed by atoms with E-state index in [-0.39, 0.29) is 30.6 Å². The van der Waals surface area contributed by atoms with Crippen LogP contribution in [0.4, 0.5) is 11.4 Å². The van der Waals surface area contributed by atoms with E-state index in [9.17, 15) is 14.7 Å². The average Bonchev–Trinajstić information content (AvgIpc) is 3.75. The lowest BCUT2D eigenvalue weighted by molar-refractivity contribution is -0.245. The number of rotatable bonds is 17. The first-order chi connectivity index (χ1) is 28.4. The van der Waals surface area contributed by atoms with Gasteiger partial charge in [-0.15, -0.1) is 5.10 Å². The van der Waals surface area contributed by atoms with Crippen LogP contribution in [0.1, 0.15) is 73.2 Å². The molecular weight excluding hydrogens is 751 g/mol. The van der Waals surface area contributed by atoms with Gasteiger partial charge in [-0.3, -0.25) is 9.59 Å². The molecule has 13 heteroatoms. The van der Waals surface area contributed by atoms with Gasteiger partial charge in [0.05, 0.1) is 35.9 Å². The molecule has 1 fully saturated rings. The molecule has 3 atom stereocenters. The van der Waals surface area contributed by atoms with Crippen molar-refractivity contribution in [3.05, 3.63) is 150 Å². The van der Waals surface area contributed by atoms with E-state index in [1.165, 1.54) is 11.8 Å². The molecule has 5 aromatic carbocycles. The second-order valence-electron chi connectivity index (χ2n) is 14.1. The molecule has 58 heavy (non-hydrogen) atoms. The maximum Gasteiger partial charge on any atom is 0.224 e. The number of hydrogen-bond acceptors (Lipinski definition) is 10. The van der Waals surface area contributed by atoms with Crippen LogP contribution >= 0.6 is 11.8 Å². The Morgan fingerprint density at radius 1 is 0.793 bits per heavy atom. The first kappa shape index (κ1) is 40.3. The van der Waals surface area contributed by atoms with Crippen LogP contribution in [0.2, 0.25) is 0 Å². The molecular formula is C45H47N7O5S. The summed E-state index contributed by atoms with van der Waals surface area (Å²) in [7, 11) is 0. The molecule has 1 aliphatic heterocycles. The van der Waals surface area contributed by atoms with Gasteiger partial charge in [0, 0.05) is 37.1 Å². The van der Waals surface area contributed by atoms with Crippen LogP contribution in [-0.4, -0.2) is 49.0 Å². The number of carbonyl (C=O) groups excluding carboxylic acids is 2. The predicted octanol–water partition coefficient (Wildman–Crippen LogP) is 7.95. The number of unbranched alkanes of at least 4 members (excludes halogenated alkanes) is 2. The summed E-state index contributed by atoms with van der Waals surface area (Å²) in [4.78, 5) is 25.1. The van der Waals surface area contributed by atoms with Crippen molar-refractivity contribution in [3.8, 4) is 16.8 Å². The molecule has 1 aliphatic rings. The molecule has 1 saturated heterocycles. The Balaban J connectivity index is 0.950. The van der Waals surface area contributed by atoms with Crippen LogP contribution in [0.15, 0.2) is 133 Å². The first-order valence-electron chi connectivity index (χ1n) is 19.5. The number of benzene rings is 5. The van der Waals surface area contributed by atoms with Gasteiger partial charge < -0.3 is 30.9 Å². The molecule has 5 N–H and O–H groups in total. The number of tetrazole rings is 1. The van der Waals surface area contributed by atoms with E-state index in [1.807, 2.05) is 97.1 Å². The van der Waals surface area contributed by atoms with Gasteiger partial charge in [-0.25, -0.2) is 0 Å². The van der Waals surface area contributed by atoms with Crippen molar-refractivity contribution >= 4 is 35.0 Å². The van der Waals surface area contributed by atoms with Crippen molar-refractivity contribution in [2.75, 3.05) is 16.8 Å². The molecule has 0 unspecified atom stereocenters. The van der Waals surface area contributed by atoms with Crippen LogP contribution in [0.3, 0.4) is 0 Å². The van der Waals surface area contributed by atoms with E-state index in [0.717, 1.165) is 45.5 Å². The standard InChI is InChI=1S/C45H47N7O5S/c46-39-15-9-10-16-40(39)48-43(55)18-6-2-5-17-42(54)47-28-35-11-7-8-14-38(35)32-23-25-34(26-24-32)44-56-37(27-41(57-44)33-21-19-31(29-53)20-22-33)30-58-45-49-50-51-52(45)36-12-3-1-4-13-36/h1,3-4,7-16,19-26,37,41,44,53H,2,5-6,17-18,27-30,46H2,(H,47,54)(H,48,55)/t37-,41+,44+/m1/s1. The molecule has 2 heterocycles. The van der Waals surface area contributed by atoms with E-state index in [1.54, 1.807) is 16.8 Å². The Kier molecular flexibility index (Phi) is 13.9. The number of thioether (sulfide) groups is 1. The minimum atomic E-state index is -0.618. The van der Waals surface area contributed by atoms with Crippen LogP contribution in [-0.2, 0) is 32.2 Å². The zero-order valence-corrected chi connectivity index (χ0v) is 32.9. The molecule has 298 valence electrons. The zero-order chi connectivity index (χ0) is 40.1. The van der Waals surface area contributed by atoms with Crippen molar-refractivity contribution in [1.29, 1.82) is 0 Å². The Morgan fingerprint density at radius 2 is 1.50 bits per heavy atom. The van der Waals surface area contributed by atoms with Crippen molar-refractivity contribution in [2.45, 2.75) is 75.3 Å². The van der Waals surface area contributed by atoms with Gasteiger partial charge in [0.2, 0.25) is 17.0 Å². The number of anilines is 2. The monoisotopic (exact) mass is 797 g/mol. The molecule has 7 rings (SSSR count). The molecule has 0 saturated carbocycles. The fourth-order valence-electron chi connectivity index (χ4n) is 6.82. The highest BCUT2D eigenvalue weighted by molar-refractivity contribution is 7.99. The third-order valence-corrected chi connectivity index (χ3v) is 11.0. The lowest BCUT2D eigenvalue weighted by Gasteiger charge is -2.36. The second-order valence-corrected chi connectivity index (χ2v) is 15.1. The van der Waals surface area contributed by atoms with Crippen LogP contribution < -0.4 is 16.4 Å². The van der Waals surface area contributed by atoms with Gasteiger partial charge in [-0.2, -0.15) is 4.68 Å². The maximum atomic E-state index is 12.8. The summed E-state index contributed by atoms with van der Waals surface area (Å²) in [5.74, 6) is 0.499. The number of nitrogens with two attached hydrogens (primary N) is 1. The number of amides is 2. The van der Waals surface area contributed by atoms with E-state index in [2.05, 4.69) is 44.4 Å². The normalized spacial score (nSPS) is 16.5. The van der Waals surface area contributed by atoms with Gasteiger partial charge >= 0.3 is 0 Å². The molecule has 0 bridgehead atoms. The van der Waals surface area contributed by atoms with E-state index in [0.29, 0.717) is 60.9 Å². The van der Waals surface area contributed by atoms with Gasteiger partial charge in [-0.1, -0.05) is 121 Å². The molecule has 12 nitrogen and oxygen atoms in total. The molecule has 0 aliphatic carbocycles. The van der Waals surface area contributed by atoms with Crippen molar-refractivity contribution in [2.24, 2.45) is 0 Å². The lowest BCUT2D eigenvalue weighted by atomic mass is 9.97. The second kappa shape index (κ2) is 20.0. The summed E-state index contributed by atoms with van der Waals surface area (Å²) in [5, 5.41) is 28.6. The number of aliphatic hydroxyl groups is 1. The number of nitrogens with one attached hydrogen (secondary N) is 2. The molecule has 0 spiro atoms. The number of hydrogen-bond donors (Lipinski definition) is 4. The van der Waals surface area contributed by atoms with Crippen LogP contribution in [0, 0.1) is 0 Å². The third-order valence-electron chi connectivity index (χ3n) is 9.98. The first-order valence-corrected chi connectivity index (χ1v) is 20.5. The fourth-order valence-corrected chi connectivity index (χ4v) is 7.73. The number of nitrogen functional groups attached to an aromatic ring is 1. The highest BCUT2D eigenvalue weighted by Gasteiger charge is 2.33. The minimum absolute atomic E-state index is 0.0235. The topological polar surface area (TPSA) is 167 Å². The predicted molar refractivity (Wildman–Crippen MR) is 225 cm³/mol. The molecule has 0 radical (unpaired) electrons. The fraction of sp³-hybridized carbons (Fsp3) is 0.267. The summed E-state index contributed by atoms with van der Waals surface area (Å²) in [6.45, 7) is 0.376. The van der Waals surface area contributed by atoms with Gasteiger partial charge in [0.25, 0.3) is 0 Å². The van der Waals surface area contributed by atoms with E-state index < -0.39 is 6.29 Å². The Hall–Kier alpha value is -5.86. The number of carbonyl (C=O) groups is 2. The zero-order valence-electron chi connectivity index (χ0n) is 32.1. The quantitative estimate of drug-likeness (QED) is 0.0404. The molecule has 6 aromatic rings. The van der Waals surface area contributed by atoms with Gasteiger partial charge in [-0.05, 0) is 75.4 Å². The van der Waals surface area contributed by atoms with Crippen LogP contribution in [0.5, 0.6) is 0 Å². The van der Waals surface area contributed by atoms with Crippen molar-refractivity contribution in [3.63, 3.8) is 0 Å². The van der Waals surface area contributed by atoms with Crippen molar-refractivity contribution in [1.82, 2.24) is 25.5 Å². The summed E-state index contributed by atoms with van der Waals surface area (Å²) in [5.41, 5.74) is 13.7. The highest BCUT2D eigenvalue weighted by atomic mass is 32.2. The lowest BCUT2D eigenvalue weighted by Crippen LogP contribution is -2.31. The van der Waals surface area contributed by atoms with E-state index >= 15 is 0 Å². The minimum Gasteiger partial charge on any atom is -0.397 e. The Morgan fingerprint density at radius 3 is 2.28 bits per heavy atom.